The van der Waals surface area contributed by atoms with Crippen LogP contribution >= 0.6 is 11.6 Å². The lowest BCUT2D eigenvalue weighted by Gasteiger charge is -2.47. The molecule has 1 saturated heterocycles. The number of carbonyl (C=O) groups is 3. The molecule has 8 nitrogen and oxygen atoms in total. The zero-order valence-electron chi connectivity index (χ0n) is 18.3. The largest absolute Gasteiger partial charge is 0.495 e. The fraction of sp³-hybridized carbons (Fsp3) is 0.375. The van der Waals surface area contributed by atoms with Gasteiger partial charge in [-0.15, -0.1) is 0 Å². The molecule has 3 unspecified atom stereocenters. The van der Waals surface area contributed by atoms with Crippen molar-refractivity contribution < 1.29 is 19.1 Å². The van der Waals surface area contributed by atoms with E-state index in [9.17, 15) is 14.4 Å². The van der Waals surface area contributed by atoms with Gasteiger partial charge in [-0.1, -0.05) is 42.6 Å². The molecular formula is C24H27ClN4O4. The number of hydrogen-bond donors (Lipinski definition) is 3. The summed E-state index contributed by atoms with van der Waals surface area (Å²) in [6.45, 7) is 0. The molecule has 0 radical (unpaired) electrons. The maximum atomic E-state index is 13.4. The second kappa shape index (κ2) is 10.1. The van der Waals surface area contributed by atoms with E-state index in [1.165, 1.54) is 7.11 Å². The molecule has 1 aliphatic heterocycles. The van der Waals surface area contributed by atoms with Crippen LogP contribution in [0.15, 0.2) is 48.5 Å². The van der Waals surface area contributed by atoms with E-state index in [1.54, 1.807) is 53.4 Å². The molecule has 9 heteroatoms. The standard InChI is InChI=1S/C24H27ClN4O4/c1-33-21-12-5-3-10-18(21)27-22(30)14-20-23(31)28-17-9-2-4-11-19(17)29(20)24(32)26-16-8-6-7-15(25)13-16/h3,5-8,10,12-13,17,19-20H,2,4,9,11,14H2,1H3,(H,26,32)(H,27,30)(H,28,31). The number of benzene rings is 2. The Morgan fingerprint density at radius 1 is 1.12 bits per heavy atom. The molecule has 1 saturated carbocycles. The molecule has 1 heterocycles. The summed E-state index contributed by atoms with van der Waals surface area (Å²) in [6.07, 6.45) is 3.34. The van der Waals surface area contributed by atoms with Gasteiger partial charge in [0.1, 0.15) is 11.8 Å². The summed E-state index contributed by atoms with van der Waals surface area (Å²) in [7, 11) is 1.52. The number of nitrogens with zero attached hydrogens (tertiary/aromatic N) is 1. The molecule has 3 atom stereocenters. The van der Waals surface area contributed by atoms with Crippen LogP contribution in [-0.4, -0.2) is 48.0 Å². The molecule has 174 valence electrons. The van der Waals surface area contributed by atoms with Crippen molar-refractivity contribution in [2.75, 3.05) is 17.7 Å². The van der Waals surface area contributed by atoms with Gasteiger partial charge in [0.05, 0.1) is 25.3 Å². The molecule has 2 fully saturated rings. The average molecular weight is 471 g/mol. The Kier molecular flexibility index (Phi) is 7.03. The zero-order chi connectivity index (χ0) is 23.4. The molecular weight excluding hydrogens is 444 g/mol. The van der Waals surface area contributed by atoms with Crippen molar-refractivity contribution >= 4 is 40.8 Å². The number of methoxy groups -OCH3 is 1. The van der Waals surface area contributed by atoms with Gasteiger partial charge in [0.25, 0.3) is 0 Å². The van der Waals surface area contributed by atoms with Gasteiger partial charge in [-0.3, -0.25) is 9.59 Å². The summed E-state index contributed by atoms with van der Waals surface area (Å²) in [4.78, 5) is 40.8. The smallest absolute Gasteiger partial charge is 0.322 e. The number of anilines is 2. The fourth-order valence-corrected chi connectivity index (χ4v) is 4.80. The number of ether oxygens (including phenoxy) is 1. The number of halogens is 1. The van der Waals surface area contributed by atoms with Crippen molar-refractivity contribution in [3.05, 3.63) is 53.6 Å². The summed E-state index contributed by atoms with van der Waals surface area (Å²) in [5.74, 6) is -0.189. The first kappa shape index (κ1) is 22.9. The third kappa shape index (κ3) is 5.22. The molecule has 4 rings (SSSR count). The average Bonchev–Trinajstić information content (AvgIpc) is 2.79. The quantitative estimate of drug-likeness (QED) is 0.614. The van der Waals surface area contributed by atoms with Gasteiger partial charge < -0.3 is 25.6 Å². The SMILES string of the molecule is COc1ccccc1NC(=O)CC1C(=O)NC2CCCCC2N1C(=O)Nc1cccc(Cl)c1. The van der Waals surface area contributed by atoms with Crippen molar-refractivity contribution in [1.29, 1.82) is 0 Å². The minimum atomic E-state index is -0.932. The number of nitrogens with one attached hydrogen (secondary N) is 3. The number of hydrogen-bond acceptors (Lipinski definition) is 4. The Bertz CT molecular complexity index is 1050. The second-order valence-corrected chi connectivity index (χ2v) is 8.72. The van der Waals surface area contributed by atoms with Gasteiger partial charge in [-0.25, -0.2) is 4.79 Å². The number of para-hydroxylation sites is 2. The second-order valence-electron chi connectivity index (χ2n) is 8.28. The van der Waals surface area contributed by atoms with E-state index in [0.717, 1.165) is 25.7 Å². The van der Waals surface area contributed by atoms with Gasteiger partial charge in [0, 0.05) is 16.8 Å². The summed E-state index contributed by atoms with van der Waals surface area (Å²) >= 11 is 6.06. The molecule has 1 aliphatic carbocycles. The van der Waals surface area contributed by atoms with Gasteiger partial charge in [-0.2, -0.15) is 0 Å². The number of urea groups is 1. The van der Waals surface area contributed by atoms with Crippen molar-refractivity contribution in [2.24, 2.45) is 0 Å². The number of rotatable bonds is 5. The molecule has 2 aromatic rings. The Labute approximate surface area is 197 Å². The first-order chi connectivity index (χ1) is 16.0. The third-order valence-corrected chi connectivity index (χ3v) is 6.36. The van der Waals surface area contributed by atoms with E-state index in [4.69, 9.17) is 16.3 Å². The van der Waals surface area contributed by atoms with Crippen LogP contribution in [0.2, 0.25) is 5.02 Å². The Hall–Kier alpha value is -3.26. The van der Waals surface area contributed by atoms with E-state index >= 15 is 0 Å². The highest BCUT2D eigenvalue weighted by Gasteiger charge is 2.46. The molecule has 33 heavy (non-hydrogen) atoms. The monoisotopic (exact) mass is 470 g/mol. The number of piperazine rings is 1. The maximum Gasteiger partial charge on any atom is 0.322 e. The Morgan fingerprint density at radius 3 is 2.70 bits per heavy atom. The molecule has 2 aromatic carbocycles. The van der Waals surface area contributed by atoms with Gasteiger partial charge in [0.15, 0.2) is 0 Å². The molecule has 0 spiro atoms. The topological polar surface area (TPSA) is 99.8 Å². The lowest BCUT2D eigenvalue weighted by Crippen LogP contribution is -2.68. The van der Waals surface area contributed by atoms with Crippen LogP contribution in [-0.2, 0) is 9.59 Å². The van der Waals surface area contributed by atoms with E-state index in [1.807, 2.05) is 0 Å². The Morgan fingerprint density at radius 2 is 1.91 bits per heavy atom. The number of amides is 4. The van der Waals surface area contributed by atoms with Crippen LogP contribution < -0.4 is 20.7 Å². The van der Waals surface area contributed by atoms with Crippen LogP contribution in [0.25, 0.3) is 0 Å². The lowest BCUT2D eigenvalue weighted by molar-refractivity contribution is -0.135. The molecule has 3 N–H and O–H groups in total. The predicted molar refractivity (Wildman–Crippen MR) is 127 cm³/mol. The first-order valence-electron chi connectivity index (χ1n) is 11.0. The maximum absolute atomic E-state index is 13.4. The number of carbonyl (C=O) groups excluding carboxylic acids is 3. The first-order valence-corrected chi connectivity index (χ1v) is 11.4. The minimum absolute atomic E-state index is 0.120. The molecule has 2 aliphatic rings. The van der Waals surface area contributed by atoms with Crippen LogP contribution in [0.5, 0.6) is 5.75 Å². The van der Waals surface area contributed by atoms with Crippen LogP contribution in [0.3, 0.4) is 0 Å². The van der Waals surface area contributed by atoms with E-state index in [2.05, 4.69) is 16.0 Å². The van der Waals surface area contributed by atoms with Crippen LogP contribution in [0, 0.1) is 0 Å². The highest BCUT2D eigenvalue weighted by Crippen LogP contribution is 2.31. The van der Waals surface area contributed by atoms with Gasteiger partial charge in [-0.05, 0) is 43.2 Å². The van der Waals surface area contributed by atoms with Crippen molar-refractivity contribution in [1.82, 2.24) is 10.2 Å². The fourth-order valence-electron chi connectivity index (χ4n) is 4.61. The highest BCUT2D eigenvalue weighted by molar-refractivity contribution is 6.30. The van der Waals surface area contributed by atoms with Crippen molar-refractivity contribution in [3.8, 4) is 5.75 Å². The zero-order valence-corrected chi connectivity index (χ0v) is 19.1. The van der Waals surface area contributed by atoms with E-state index < -0.39 is 12.1 Å². The van der Waals surface area contributed by atoms with Crippen molar-refractivity contribution in [3.63, 3.8) is 0 Å². The summed E-state index contributed by atoms with van der Waals surface area (Å²) in [5, 5.41) is 9.17. The molecule has 0 bridgehead atoms. The molecule has 0 aromatic heterocycles. The van der Waals surface area contributed by atoms with E-state index in [0.29, 0.717) is 22.1 Å². The normalized spacial score (nSPS) is 22.1. The molecule has 4 amide bonds. The Balaban J connectivity index is 1.56. The van der Waals surface area contributed by atoms with Gasteiger partial charge in [0.2, 0.25) is 11.8 Å². The van der Waals surface area contributed by atoms with Crippen LogP contribution in [0.1, 0.15) is 32.1 Å². The van der Waals surface area contributed by atoms with Crippen LogP contribution in [0.4, 0.5) is 16.2 Å². The summed E-state index contributed by atoms with van der Waals surface area (Å²) in [5.41, 5.74) is 1.04. The third-order valence-electron chi connectivity index (χ3n) is 6.12. The number of fused-ring (bicyclic) bond motifs is 1. The van der Waals surface area contributed by atoms with Crippen molar-refractivity contribution in [2.45, 2.75) is 50.2 Å². The lowest BCUT2D eigenvalue weighted by atomic mass is 9.85. The van der Waals surface area contributed by atoms with E-state index in [-0.39, 0.29) is 30.3 Å². The minimum Gasteiger partial charge on any atom is -0.495 e. The van der Waals surface area contributed by atoms with Gasteiger partial charge >= 0.3 is 6.03 Å². The summed E-state index contributed by atoms with van der Waals surface area (Å²) in [6, 6.07) is 12.2. The predicted octanol–water partition coefficient (Wildman–Crippen LogP) is 4.02. The summed E-state index contributed by atoms with van der Waals surface area (Å²) < 4.78 is 5.28. The highest BCUT2D eigenvalue weighted by atomic mass is 35.5.